The first-order valence-electron chi connectivity index (χ1n) is 3.98. The summed E-state index contributed by atoms with van der Waals surface area (Å²) in [6.07, 6.45) is 4.55. The fourth-order valence-electron chi connectivity index (χ4n) is 0.862. The van der Waals surface area contributed by atoms with Crippen LogP contribution in [0.5, 0.6) is 0 Å². The van der Waals surface area contributed by atoms with Crippen molar-refractivity contribution in [3.63, 3.8) is 0 Å². The van der Waals surface area contributed by atoms with Crippen LogP contribution in [-0.4, -0.2) is 18.9 Å². The molecule has 0 rings (SSSR count). The zero-order chi connectivity index (χ0) is 7.82. The number of unbranched alkanes of at least 4 members (excludes halogenated alkanes) is 1. The van der Waals surface area contributed by atoms with Crippen LogP contribution in [0.1, 0.15) is 33.1 Å². The summed E-state index contributed by atoms with van der Waals surface area (Å²) < 4.78 is 0. The van der Waals surface area contributed by atoms with Gasteiger partial charge in [-0.2, -0.15) is 0 Å². The molecule has 2 heteroatoms. The molecule has 0 spiro atoms. The number of aldehydes is 1. The number of hydrogen-bond acceptors (Lipinski definition) is 2. The fourth-order valence-corrected chi connectivity index (χ4v) is 0.862. The van der Waals surface area contributed by atoms with E-state index in [1.54, 1.807) is 0 Å². The van der Waals surface area contributed by atoms with E-state index in [4.69, 9.17) is 0 Å². The van der Waals surface area contributed by atoms with E-state index in [-0.39, 0.29) is 0 Å². The molecule has 0 aromatic rings. The molecule has 0 saturated heterocycles. The van der Waals surface area contributed by atoms with Crippen LogP contribution < -0.4 is 5.32 Å². The summed E-state index contributed by atoms with van der Waals surface area (Å²) in [6, 6.07) is 0.491. The lowest BCUT2D eigenvalue weighted by Crippen LogP contribution is -2.27. The van der Waals surface area contributed by atoms with Gasteiger partial charge in [-0.1, -0.05) is 19.8 Å². The van der Waals surface area contributed by atoms with E-state index in [1.807, 2.05) is 0 Å². The lowest BCUT2D eigenvalue weighted by atomic mass is 10.1. The Kier molecular flexibility index (Phi) is 6.50. The van der Waals surface area contributed by atoms with Gasteiger partial charge in [-0.3, -0.25) is 0 Å². The molecule has 60 valence electrons. The molecule has 0 fully saturated rings. The van der Waals surface area contributed by atoms with Gasteiger partial charge in [0.15, 0.2) is 0 Å². The van der Waals surface area contributed by atoms with E-state index in [9.17, 15) is 4.79 Å². The second kappa shape index (κ2) is 6.75. The Hall–Kier alpha value is -0.370. The molecule has 0 radical (unpaired) electrons. The number of hydrogen-bond donors (Lipinski definition) is 1. The van der Waals surface area contributed by atoms with Crippen molar-refractivity contribution < 1.29 is 4.79 Å². The smallest absolute Gasteiger partial charge is 0.133 e. The maximum atomic E-state index is 9.92. The number of carbonyl (C=O) groups excluding carboxylic acids is 1. The highest BCUT2D eigenvalue weighted by Crippen LogP contribution is 1.98. The van der Waals surface area contributed by atoms with Crippen molar-refractivity contribution in [3.05, 3.63) is 0 Å². The van der Waals surface area contributed by atoms with Gasteiger partial charge in [-0.15, -0.1) is 0 Å². The predicted molar refractivity (Wildman–Crippen MR) is 43.1 cm³/mol. The van der Waals surface area contributed by atoms with E-state index < -0.39 is 0 Å². The lowest BCUT2D eigenvalue weighted by molar-refractivity contribution is -0.107. The number of carbonyl (C=O) groups is 1. The van der Waals surface area contributed by atoms with Gasteiger partial charge in [-0.05, 0) is 13.3 Å². The highest BCUT2D eigenvalue weighted by Gasteiger charge is 1.97. The molecule has 10 heavy (non-hydrogen) atoms. The molecule has 0 saturated carbocycles. The molecule has 0 aliphatic heterocycles. The molecule has 0 aromatic carbocycles. The standard InChI is InChI=1S/C8H17NO/c1-3-4-5-8(2)9-6-7-10/h7-9H,3-6H2,1-2H3. The third-order valence-electron chi connectivity index (χ3n) is 1.54. The predicted octanol–water partition coefficient (Wildman–Crippen LogP) is 1.35. The highest BCUT2D eigenvalue weighted by atomic mass is 16.1. The zero-order valence-corrected chi connectivity index (χ0v) is 6.89. The first-order valence-corrected chi connectivity index (χ1v) is 3.98. The molecular weight excluding hydrogens is 126 g/mol. The summed E-state index contributed by atoms with van der Waals surface area (Å²) in [4.78, 5) is 9.92. The Morgan fingerprint density at radius 1 is 1.60 bits per heavy atom. The van der Waals surface area contributed by atoms with Gasteiger partial charge in [0.05, 0.1) is 6.54 Å². The second-order valence-corrected chi connectivity index (χ2v) is 2.62. The van der Waals surface area contributed by atoms with E-state index in [2.05, 4.69) is 19.2 Å². The Morgan fingerprint density at radius 2 is 2.30 bits per heavy atom. The molecular formula is C8H17NO. The molecule has 2 nitrogen and oxygen atoms in total. The van der Waals surface area contributed by atoms with Crippen LogP contribution in [0.3, 0.4) is 0 Å². The Bertz CT molecular complexity index is 83.3. The first kappa shape index (κ1) is 9.63. The van der Waals surface area contributed by atoms with E-state index in [1.165, 1.54) is 19.3 Å². The Morgan fingerprint density at radius 3 is 2.80 bits per heavy atom. The quantitative estimate of drug-likeness (QED) is 0.569. The minimum Gasteiger partial charge on any atom is -0.308 e. The van der Waals surface area contributed by atoms with Crippen LogP contribution in [0.15, 0.2) is 0 Å². The Labute approximate surface area is 63.0 Å². The number of nitrogens with one attached hydrogen (secondary N) is 1. The summed E-state index contributed by atoms with van der Waals surface area (Å²) in [7, 11) is 0. The minimum atomic E-state index is 0.491. The van der Waals surface area contributed by atoms with Crippen LogP contribution in [0, 0.1) is 0 Å². The van der Waals surface area contributed by atoms with E-state index >= 15 is 0 Å². The highest BCUT2D eigenvalue weighted by molar-refractivity contribution is 5.51. The molecule has 1 atom stereocenters. The first-order chi connectivity index (χ1) is 4.81. The van der Waals surface area contributed by atoms with Gasteiger partial charge in [0.2, 0.25) is 0 Å². The van der Waals surface area contributed by atoms with Crippen molar-refractivity contribution in [2.45, 2.75) is 39.2 Å². The molecule has 0 aliphatic carbocycles. The average Bonchev–Trinajstić information content (AvgIpc) is 1.97. The van der Waals surface area contributed by atoms with Gasteiger partial charge in [0.1, 0.15) is 6.29 Å². The van der Waals surface area contributed by atoms with Crippen LogP contribution in [-0.2, 0) is 4.79 Å². The van der Waals surface area contributed by atoms with Gasteiger partial charge in [0.25, 0.3) is 0 Å². The summed E-state index contributed by atoms with van der Waals surface area (Å²) >= 11 is 0. The molecule has 1 N–H and O–H groups in total. The van der Waals surface area contributed by atoms with E-state index in [0.29, 0.717) is 12.6 Å². The van der Waals surface area contributed by atoms with Gasteiger partial charge >= 0.3 is 0 Å². The SMILES string of the molecule is CCCCC(C)NCC=O. The van der Waals surface area contributed by atoms with Crippen molar-refractivity contribution in [1.29, 1.82) is 0 Å². The van der Waals surface area contributed by atoms with Crippen LogP contribution in [0.25, 0.3) is 0 Å². The molecule has 0 bridgehead atoms. The van der Waals surface area contributed by atoms with Crippen molar-refractivity contribution in [2.75, 3.05) is 6.54 Å². The fraction of sp³-hybridized carbons (Fsp3) is 0.875. The van der Waals surface area contributed by atoms with Crippen molar-refractivity contribution >= 4 is 6.29 Å². The second-order valence-electron chi connectivity index (χ2n) is 2.62. The molecule has 0 aromatic heterocycles. The molecule has 0 aliphatic rings. The third kappa shape index (κ3) is 5.76. The summed E-state index contributed by atoms with van der Waals surface area (Å²) in [6.45, 7) is 4.77. The van der Waals surface area contributed by atoms with Crippen LogP contribution >= 0.6 is 0 Å². The van der Waals surface area contributed by atoms with E-state index in [0.717, 1.165) is 6.29 Å². The molecule has 0 amide bonds. The average molecular weight is 143 g/mol. The van der Waals surface area contributed by atoms with Crippen molar-refractivity contribution in [2.24, 2.45) is 0 Å². The monoisotopic (exact) mass is 143 g/mol. The van der Waals surface area contributed by atoms with Gasteiger partial charge < -0.3 is 10.1 Å². The van der Waals surface area contributed by atoms with Crippen LogP contribution in [0.4, 0.5) is 0 Å². The Balaban J connectivity index is 3.07. The minimum absolute atomic E-state index is 0.491. The topological polar surface area (TPSA) is 29.1 Å². The van der Waals surface area contributed by atoms with Crippen molar-refractivity contribution in [1.82, 2.24) is 5.32 Å². The summed E-state index contributed by atoms with van der Waals surface area (Å²) in [5.74, 6) is 0. The summed E-state index contributed by atoms with van der Waals surface area (Å²) in [5.41, 5.74) is 0. The maximum absolute atomic E-state index is 9.92. The van der Waals surface area contributed by atoms with Gasteiger partial charge in [-0.25, -0.2) is 0 Å². The van der Waals surface area contributed by atoms with Crippen LogP contribution in [0.2, 0.25) is 0 Å². The van der Waals surface area contributed by atoms with Gasteiger partial charge in [0, 0.05) is 6.04 Å². The number of rotatable bonds is 6. The molecule has 0 heterocycles. The third-order valence-corrected chi connectivity index (χ3v) is 1.54. The maximum Gasteiger partial charge on any atom is 0.133 e. The van der Waals surface area contributed by atoms with Crippen molar-refractivity contribution in [3.8, 4) is 0 Å². The molecule has 1 unspecified atom stereocenters. The largest absolute Gasteiger partial charge is 0.308 e. The normalized spacial score (nSPS) is 13.0. The zero-order valence-electron chi connectivity index (χ0n) is 6.89. The summed E-state index contributed by atoms with van der Waals surface area (Å²) in [5, 5.41) is 3.10. The lowest BCUT2D eigenvalue weighted by Gasteiger charge is -2.09.